The fourth-order valence-electron chi connectivity index (χ4n) is 4.52. The molecule has 0 radical (unpaired) electrons. The van der Waals surface area contributed by atoms with Gasteiger partial charge in [0.15, 0.2) is 0 Å². The van der Waals surface area contributed by atoms with Gasteiger partial charge in [0.2, 0.25) is 0 Å². The molecule has 0 saturated carbocycles. The van der Waals surface area contributed by atoms with Gasteiger partial charge >= 0.3 is 8.56 Å². The molecule has 0 unspecified atom stereocenters. The highest BCUT2D eigenvalue weighted by molar-refractivity contribution is 6.65. The summed E-state index contributed by atoms with van der Waals surface area (Å²) in [6.45, 7) is 4.47. The molecule has 0 fully saturated rings. The van der Waals surface area contributed by atoms with Crippen LogP contribution >= 0.6 is 0 Å². The molecule has 188 valence electrons. The maximum atomic E-state index is 5.55. The minimum Gasteiger partial charge on any atom is -0.398 e. The van der Waals surface area contributed by atoms with Crippen LogP contribution < -0.4 is 0 Å². The monoisotopic (exact) mass is 456 g/mol. The predicted octanol–water partition coefficient (Wildman–Crippen LogP) is 10.3. The largest absolute Gasteiger partial charge is 0.398 e. The Morgan fingerprint density at radius 1 is 0.387 bits per heavy atom. The fourth-order valence-corrected chi connectivity index (χ4v) is 5.99. The summed E-state index contributed by atoms with van der Waals surface area (Å²) in [5, 5.41) is 0. The molecule has 0 aromatic rings. The zero-order chi connectivity index (χ0) is 22.9. The number of unbranched alkanes of at least 4 members (excludes halogenated alkanes) is 22. The highest BCUT2D eigenvalue weighted by Crippen LogP contribution is 2.18. The molecule has 31 heavy (non-hydrogen) atoms. The molecule has 2 nitrogen and oxygen atoms in total. The standard InChI is InChI=1S/C28H60O2Si/c1-5-6-7-8-9-10-11-12-13-14-15-16-17-18-19-20-21-22-23-24-25-26-27-28-31(4,29-2)30-3/h5-28H2,1-4H3. The van der Waals surface area contributed by atoms with Gasteiger partial charge in [0.25, 0.3) is 0 Å². The lowest BCUT2D eigenvalue weighted by atomic mass is 10.0. The lowest BCUT2D eigenvalue weighted by Crippen LogP contribution is -2.35. The van der Waals surface area contributed by atoms with E-state index in [-0.39, 0.29) is 0 Å². The molecule has 0 N–H and O–H groups in total. The Bertz CT molecular complexity index is 331. The topological polar surface area (TPSA) is 18.5 Å². The van der Waals surface area contributed by atoms with Gasteiger partial charge in [-0.25, -0.2) is 0 Å². The van der Waals surface area contributed by atoms with Crippen molar-refractivity contribution >= 4 is 8.56 Å². The zero-order valence-electron chi connectivity index (χ0n) is 22.3. The van der Waals surface area contributed by atoms with E-state index in [1.807, 2.05) is 0 Å². The van der Waals surface area contributed by atoms with Crippen LogP contribution in [-0.2, 0) is 8.85 Å². The van der Waals surface area contributed by atoms with Crippen molar-refractivity contribution in [1.82, 2.24) is 0 Å². The first kappa shape index (κ1) is 31.1. The Kier molecular flexibility index (Phi) is 24.9. The van der Waals surface area contributed by atoms with Crippen molar-refractivity contribution in [3.8, 4) is 0 Å². The minimum atomic E-state index is -1.81. The van der Waals surface area contributed by atoms with E-state index >= 15 is 0 Å². The average Bonchev–Trinajstić information content (AvgIpc) is 2.79. The third-order valence-corrected chi connectivity index (χ3v) is 10.1. The third-order valence-electron chi connectivity index (χ3n) is 7.10. The Hall–Kier alpha value is 0.137. The fraction of sp³-hybridized carbons (Fsp3) is 1.00. The van der Waals surface area contributed by atoms with Crippen molar-refractivity contribution in [2.24, 2.45) is 0 Å². The lowest BCUT2D eigenvalue weighted by Gasteiger charge is -2.22. The van der Waals surface area contributed by atoms with E-state index < -0.39 is 8.56 Å². The molecule has 3 heteroatoms. The molecule has 0 heterocycles. The van der Waals surface area contributed by atoms with E-state index in [0.29, 0.717) is 0 Å². The van der Waals surface area contributed by atoms with Gasteiger partial charge in [-0.3, -0.25) is 0 Å². The predicted molar refractivity (Wildman–Crippen MR) is 142 cm³/mol. The molecule has 0 aliphatic carbocycles. The van der Waals surface area contributed by atoms with E-state index in [9.17, 15) is 0 Å². The van der Waals surface area contributed by atoms with Crippen LogP contribution in [-0.4, -0.2) is 22.8 Å². The summed E-state index contributed by atoms with van der Waals surface area (Å²) in [6, 6.07) is 1.14. The van der Waals surface area contributed by atoms with E-state index in [1.54, 1.807) is 14.2 Å². The number of hydrogen-bond donors (Lipinski definition) is 0. The van der Waals surface area contributed by atoms with Gasteiger partial charge in [0.05, 0.1) is 0 Å². The maximum absolute atomic E-state index is 5.55. The van der Waals surface area contributed by atoms with E-state index in [1.165, 1.54) is 148 Å². The van der Waals surface area contributed by atoms with Gasteiger partial charge in [0.1, 0.15) is 0 Å². The average molecular weight is 457 g/mol. The molecule has 0 bridgehead atoms. The summed E-state index contributed by atoms with van der Waals surface area (Å²) in [5.74, 6) is 0. The molecule has 0 aromatic heterocycles. The smallest absolute Gasteiger partial charge is 0.334 e. The van der Waals surface area contributed by atoms with Crippen LogP contribution in [0.15, 0.2) is 0 Å². The van der Waals surface area contributed by atoms with E-state index in [2.05, 4.69) is 13.5 Å². The molecule has 0 saturated heterocycles. The summed E-state index contributed by atoms with van der Waals surface area (Å²) in [7, 11) is 1.79. The lowest BCUT2D eigenvalue weighted by molar-refractivity contribution is 0.248. The van der Waals surface area contributed by atoms with E-state index in [4.69, 9.17) is 8.85 Å². The van der Waals surface area contributed by atoms with Crippen LogP contribution in [0.5, 0.6) is 0 Å². The highest BCUT2D eigenvalue weighted by Gasteiger charge is 2.27. The van der Waals surface area contributed by atoms with Crippen LogP contribution in [0.3, 0.4) is 0 Å². The molecule has 0 rings (SSSR count). The Morgan fingerprint density at radius 2 is 0.613 bits per heavy atom. The van der Waals surface area contributed by atoms with Crippen LogP contribution in [0.2, 0.25) is 12.6 Å². The summed E-state index contributed by atoms with van der Waals surface area (Å²) in [5.41, 5.74) is 0. The second kappa shape index (κ2) is 24.8. The molecular weight excluding hydrogens is 396 g/mol. The van der Waals surface area contributed by atoms with Crippen LogP contribution in [0, 0.1) is 0 Å². The summed E-state index contributed by atoms with van der Waals surface area (Å²) < 4.78 is 11.1. The summed E-state index contributed by atoms with van der Waals surface area (Å²) >= 11 is 0. The van der Waals surface area contributed by atoms with Crippen molar-refractivity contribution < 1.29 is 8.85 Å². The Morgan fingerprint density at radius 3 is 0.839 bits per heavy atom. The van der Waals surface area contributed by atoms with Gasteiger partial charge in [-0.15, -0.1) is 0 Å². The zero-order valence-corrected chi connectivity index (χ0v) is 23.3. The second-order valence-electron chi connectivity index (χ2n) is 10.1. The number of hydrogen-bond acceptors (Lipinski definition) is 2. The molecule has 0 spiro atoms. The first-order valence-corrected chi connectivity index (χ1v) is 16.8. The molecule has 0 atom stereocenters. The first-order valence-electron chi connectivity index (χ1n) is 14.3. The van der Waals surface area contributed by atoms with Gasteiger partial charge < -0.3 is 8.85 Å². The van der Waals surface area contributed by atoms with Gasteiger partial charge in [-0.05, 0) is 12.6 Å². The SMILES string of the molecule is CCCCCCCCCCCCCCCCCCCCCCCCC[Si](C)(OC)OC. The van der Waals surface area contributed by atoms with Crippen molar-refractivity contribution in [2.75, 3.05) is 14.2 Å². The maximum Gasteiger partial charge on any atom is 0.334 e. The second-order valence-corrected chi connectivity index (χ2v) is 13.7. The first-order chi connectivity index (χ1) is 15.2. The quantitative estimate of drug-likeness (QED) is 0.0951. The summed E-state index contributed by atoms with van der Waals surface area (Å²) in [4.78, 5) is 0. The third kappa shape index (κ3) is 23.1. The molecule has 0 amide bonds. The molecule has 0 aliphatic heterocycles. The van der Waals surface area contributed by atoms with E-state index in [0.717, 1.165) is 6.04 Å². The van der Waals surface area contributed by atoms with Crippen molar-refractivity contribution in [2.45, 2.75) is 167 Å². The van der Waals surface area contributed by atoms with Crippen molar-refractivity contribution in [1.29, 1.82) is 0 Å². The van der Waals surface area contributed by atoms with Crippen LogP contribution in [0.25, 0.3) is 0 Å². The van der Waals surface area contributed by atoms with Gasteiger partial charge in [-0.2, -0.15) is 0 Å². The number of rotatable bonds is 26. The van der Waals surface area contributed by atoms with Crippen molar-refractivity contribution in [3.63, 3.8) is 0 Å². The van der Waals surface area contributed by atoms with Gasteiger partial charge in [0, 0.05) is 14.2 Å². The summed E-state index contributed by atoms with van der Waals surface area (Å²) in [6.07, 6.45) is 33.2. The van der Waals surface area contributed by atoms with Crippen LogP contribution in [0.4, 0.5) is 0 Å². The highest BCUT2D eigenvalue weighted by atomic mass is 28.4. The normalized spacial score (nSPS) is 12.0. The molecular formula is C28H60O2Si. The molecule has 0 aliphatic rings. The van der Waals surface area contributed by atoms with Gasteiger partial charge in [-0.1, -0.05) is 155 Å². The van der Waals surface area contributed by atoms with Crippen LogP contribution in [0.1, 0.15) is 155 Å². The molecule has 0 aromatic carbocycles. The Balaban J connectivity index is 3.10. The Labute approximate surface area is 198 Å². The minimum absolute atomic E-state index is 1.14. The van der Waals surface area contributed by atoms with Crippen molar-refractivity contribution in [3.05, 3.63) is 0 Å².